The monoisotopic (exact) mass is 320 g/mol. The second-order valence-electron chi connectivity index (χ2n) is 2.91. The van der Waals surface area contributed by atoms with Gasteiger partial charge in [0.25, 0.3) is 0 Å². The molecule has 0 aliphatic carbocycles. The van der Waals surface area contributed by atoms with Crippen molar-refractivity contribution in [2.24, 2.45) is 0 Å². The van der Waals surface area contributed by atoms with Crippen molar-refractivity contribution >= 4 is 19.5 Å². The topological polar surface area (TPSA) is 17.1 Å². The molecule has 1 nitrogen and oxygen atoms in total. The van der Waals surface area contributed by atoms with Crippen molar-refractivity contribution in [3.05, 3.63) is 35.4 Å². The summed E-state index contributed by atoms with van der Waals surface area (Å²) in [5, 5.41) is 0. The maximum atomic E-state index is 12.1. The van der Waals surface area contributed by atoms with Gasteiger partial charge in [0.1, 0.15) is 0 Å². The van der Waals surface area contributed by atoms with Gasteiger partial charge in [0.2, 0.25) is 0 Å². The Morgan fingerprint density at radius 3 is 2.07 bits per heavy atom. The van der Waals surface area contributed by atoms with E-state index >= 15 is 0 Å². The first-order chi connectivity index (χ1) is 6.39. The Morgan fingerprint density at radius 2 is 1.71 bits per heavy atom. The number of hydrogen-bond donors (Lipinski definition) is 0. The van der Waals surface area contributed by atoms with Gasteiger partial charge < -0.3 is 0 Å². The third kappa shape index (κ3) is 3.39. The molecule has 0 saturated heterocycles. The Kier molecular flexibility index (Phi) is 3.68. The van der Waals surface area contributed by atoms with Gasteiger partial charge in [-0.25, -0.2) is 0 Å². The second-order valence-corrected chi connectivity index (χ2v) is 7.01. The van der Waals surface area contributed by atoms with Crippen LogP contribution < -0.4 is 0 Å². The quantitative estimate of drug-likeness (QED) is 0.767. The molecule has 0 fully saturated rings. The van der Waals surface area contributed by atoms with Crippen LogP contribution in [-0.2, 0) is 13.7 Å². The van der Waals surface area contributed by atoms with Gasteiger partial charge in [-0.05, 0) is 0 Å². The summed E-state index contributed by atoms with van der Waals surface area (Å²) in [5.41, 5.74) is 0.0531. The van der Waals surface area contributed by atoms with Gasteiger partial charge in [-0.1, -0.05) is 0 Å². The van der Waals surface area contributed by atoms with E-state index in [-0.39, 0.29) is 0 Å². The zero-order valence-corrected chi connectivity index (χ0v) is 9.80. The summed E-state index contributed by atoms with van der Waals surface area (Å²) in [4.78, 5) is 1.65. The van der Waals surface area contributed by atoms with Crippen LogP contribution in [0.25, 0.3) is 0 Å². The summed E-state index contributed by atoms with van der Waals surface area (Å²) in [6.07, 6.45) is -4.29. The Morgan fingerprint density at radius 1 is 1.21 bits per heavy atom. The molecule has 0 saturated carbocycles. The van der Waals surface area contributed by atoms with E-state index in [0.29, 0.717) is 10.0 Å². The first kappa shape index (κ1) is 11.7. The summed E-state index contributed by atoms with van der Waals surface area (Å²) >= 11 is -2.26. The summed E-state index contributed by atoms with van der Waals surface area (Å²) in [7, 11) is 0. The minimum atomic E-state index is -4.29. The summed E-state index contributed by atoms with van der Waals surface area (Å²) < 4.78 is 47.8. The first-order valence-corrected chi connectivity index (χ1v) is 8.79. The van der Waals surface area contributed by atoms with Crippen LogP contribution in [0.15, 0.2) is 24.3 Å². The molecule has 78 valence electrons. The van der Waals surface area contributed by atoms with Crippen molar-refractivity contribution in [2.75, 3.05) is 0 Å². The van der Waals surface area contributed by atoms with Gasteiger partial charge in [-0.15, -0.1) is 0 Å². The normalized spacial score (nSPS) is 12.1. The van der Waals surface area contributed by atoms with Crippen molar-refractivity contribution in [2.45, 2.75) is 15.6 Å². The number of halogens is 3. The molecule has 1 rings (SSSR count). The second kappa shape index (κ2) is 4.41. The van der Waals surface area contributed by atoms with E-state index < -0.39 is 31.3 Å². The average molecular weight is 318 g/mol. The van der Waals surface area contributed by atoms with E-state index in [1.807, 2.05) is 0 Å². The van der Waals surface area contributed by atoms with Gasteiger partial charge in [0, 0.05) is 0 Å². The van der Waals surface area contributed by atoms with Crippen LogP contribution in [0, 0.1) is 0 Å². The molecule has 0 radical (unpaired) electrons. The van der Waals surface area contributed by atoms with Crippen LogP contribution in [0.3, 0.4) is 0 Å². The Hall–Kier alpha value is -0.400. The molecule has 0 aliphatic rings. The first-order valence-electron chi connectivity index (χ1n) is 3.86. The van der Waals surface area contributed by atoms with Crippen LogP contribution in [0.5, 0.6) is 0 Å². The molecule has 14 heavy (non-hydrogen) atoms. The number of alkyl halides is 3. The van der Waals surface area contributed by atoms with E-state index in [2.05, 4.69) is 0 Å². The molecule has 1 aromatic rings. The molecule has 0 atom stereocenters. The van der Waals surface area contributed by atoms with Crippen molar-refractivity contribution < 1.29 is 16.3 Å². The molecule has 0 heterocycles. The Bertz CT molecular complexity index is 329. The molecule has 0 unspecified atom stereocenters. The average Bonchev–Trinajstić information content (AvgIpc) is 2.02. The fourth-order valence-corrected chi connectivity index (χ4v) is 2.91. The predicted molar refractivity (Wildman–Crippen MR) is 47.5 cm³/mol. The molecule has 0 amide bonds. The third-order valence-electron chi connectivity index (χ3n) is 1.65. The van der Waals surface area contributed by atoms with Crippen LogP contribution in [-0.4, -0.2) is 19.5 Å². The fourth-order valence-electron chi connectivity index (χ4n) is 1.02. The van der Waals surface area contributed by atoms with Crippen LogP contribution in [0.4, 0.5) is 13.2 Å². The number of rotatable bonds is 2. The van der Waals surface area contributed by atoms with Gasteiger partial charge in [0.05, 0.1) is 0 Å². The molecule has 5 heteroatoms. The van der Waals surface area contributed by atoms with Gasteiger partial charge in [0.15, 0.2) is 0 Å². The maximum absolute atomic E-state index is 12.1. The van der Waals surface area contributed by atoms with E-state index in [1.165, 1.54) is 12.1 Å². The van der Waals surface area contributed by atoms with Crippen molar-refractivity contribution in [1.82, 2.24) is 0 Å². The zero-order chi connectivity index (χ0) is 10.8. The van der Waals surface area contributed by atoms with E-state index in [1.54, 1.807) is 4.97 Å². The minimum absolute atomic E-state index is 0.432. The molecule has 0 aliphatic heterocycles. The van der Waals surface area contributed by atoms with E-state index in [0.717, 1.165) is 12.1 Å². The summed E-state index contributed by atoms with van der Waals surface area (Å²) in [6, 6.07) is 4.82. The molecule has 0 aromatic heterocycles. The Labute approximate surface area is 86.9 Å². The van der Waals surface area contributed by atoms with E-state index in [4.69, 9.17) is 0 Å². The Balaban J connectivity index is 2.84. The molecule has 0 bridgehead atoms. The predicted octanol–water partition coefficient (Wildman–Crippen LogP) is 2.84. The van der Waals surface area contributed by atoms with Gasteiger partial charge in [-0.3, -0.25) is 0 Å². The van der Waals surface area contributed by atoms with Crippen molar-refractivity contribution in [3.63, 3.8) is 0 Å². The van der Waals surface area contributed by atoms with E-state index in [9.17, 15) is 16.3 Å². The van der Waals surface area contributed by atoms with Crippen molar-refractivity contribution in [1.29, 1.82) is 0 Å². The third-order valence-corrected chi connectivity index (χ3v) is 3.76. The standard InChI is InChI=1S/C9H9F3OTe/c1-14(13)6-7-2-4-8(5-3-7)9(10,11)12/h2-5H,6H2,1H3. The van der Waals surface area contributed by atoms with Gasteiger partial charge in [-0.2, -0.15) is 0 Å². The van der Waals surface area contributed by atoms with Crippen molar-refractivity contribution in [3.8, 4) is 0 Å². The SMILES string of the molecule is C[Te](=O)Cc1ccc(C(F)(F)F)cc1. The fraction of sp³-hybridized carbons (Fsp3) is 0.333. The summed E-state index contributed by atoms with van der Waals surface area (Å²) in [6.45, 7) is 0. The molecule has 1 aromatic carbocycles. The zero-order valence-electron chi connectivity index (χ0n) is 7.47. The molecular formula is C9H9F3OTe. The van der Waals surface area contributed by atoms with Crippen LogP contribution in [0.1, 0.15) is 11.1 Å². The van der Waals surface area contributed by atoms with Crippen LogP contribution >= 0.6 is 0 Å². The molecule has 0 N–H and O–H groups in total. The number of hydrogen-bond acceptors (Lipinski definition) is 1. The number of benzene rings is 1. The van der Waals surface area contributed by atoms with Gasteiger partial charge >= 0.3 is 86.8 Å². The summed E-state index contributed by atoms with van der Waals surface area (Å²) in [5.74, 6) is 0. The molecular weight excluding hydrogens is 309 g/mol. The van der Waals surface area contributed by atoms with Crippen LogP contribution in [0.2, 0.25) is 4.97 Å². The molecule has 0 spiro atoms.